The standard InChI is InChI=1S/C12H16N4O/c1-8(2)9-5-3-4-6-10(9)14-12-16-15-11(7-13)17-12/h3-6,8H,7,13H2,1-2H3,(H,14,16). The zero-order chi connectivity index (χ0) is 12.3. The van der Waals surface area contributed by atoms with Crippen LogP contribution in [0.2, 0.25) is 0 Å². The van der Waals surface area contributed by atoms with Crippen molar-refractivity contribution < 1.29 is 4.42 Å². The molecule has 0 radical (unpaired) electrons. The van der Waals surface area contributed by atoms with E-state index in [-0.39, 0.29) is 6.54 Å². The van der Waals surface area contributed by atoms with Crippen molar-refractivity contribution in [2.75, 3.05) is 5.32 Å². The topological polar surface area (TPSA) is 77.0 Å². The van der Waals surface area contributed by atoms with Crippen molar-refractivity contribution in [2.45, 2.75) is 26.3 Å². The first kappa shape index (κ1) is 11.6. The fraction of sp³-hybridized carbons (Fsp3) is 0.333. The van der Waals surface area contributed by atoms with Gasteiger partial charge in [-0.05, 0) is 17.5 Å². The van der Waals surface area contributed by atoms with E-state index in [2.05, 4.69) is 35.4 Å². The van der Waals surface area contributed by atoms with Crippen LogP contribution in [0.3, 0.4) is 0 Å². The Balaban J connectivity index is 2.23. The van der Waals surface area contributed by atoms with Crippen LogP contribution in [0.4, 0.5) is 11.7 Å². The monoisotopic (exact) mass is 232 g/mol. The molecule has 1 aromatic carbocycles. The van der Waals surface area contributed by atoms with Gasteiger partial charge in [0.15, 0.2) is 0 Å². The molecular formula is C12H16N4O. The maximum absolute atomic E-state index is 5.41. The van der Waals surface area contributed by atoms with Crippen LogP contribution >= 0.6 is 0 Å². The SMILES string of the molecule is CC(C)c1ccccc1Nc1nnc(CN)o1. The zero-order valence-corrected chi connectivity index (χ0v) is 9.97. The van der Waals surface area contributed by atoms with E-state index in [0.29, 0.717) is 17.8 Å². The first-order valence-electron chi connectivity index (χ1n) is 5.59. The predicted molar refractivity (Wildman–Crippen MR) is 66.0 cm³/mol. The minimum atomic E-state index is 0.251. The molecule has 0 amide bonds. The molecule has 0 saturated carbocycles. The lowest BCUT2D eigenvalue weighted by Gasteiger charge is -2.11. The Labute approximate surface area is 100 Å². The number of rotatable bonds is 4. The van der Waals surface area contributed by atoms with Gasteiger partial charge in [-0.25, -0.2) is 0 Å². The number of nitrogens with two attached hydrogens (primary N) is 1. The smallest absolute Gasteiger partial charge is 0.320 e. The number of hydrogen-bond donors (Lipinski definition) is 2. The summed E-state index contributed by atoms with van der Waals surface area (Å²) in [6, 6.07) is 8.42. The van der Waals surface area contributed by atoms with Crippen LogP contribution in [0.15, 0.2) is 28.7 Å². The highest BCUT2D eigenvalue weighted by atomic mass is 16.4. The van der Waals surface area contributed by atoms with Gasteiger partial charge < -0.3 is 15.5 Å². The molecule has 90 valence electrons. The molecule has 1 heterocycles. The highest BCUT2D eigenvalue weighted by Gasteiger charge is 2.09. The van der Waals surface area contributed by atoms with Gasteiger partial charge in [-0.1, -0.05) is 37.1 Å². The van der Waals surface area contributed by atoms with Crippen LogP contribution in [0.25, 0.3) is 0 Å². The van der Waals surface area contributed by atoms with Gasteiger partial charge in [0.2, 0.25) is 5.89 Å². The molecule has 17 heavy (non-hydrogen) atoms. The van der Waals surface area contributed by atoms with E-state index in [1.54, 1.807) is 0 Å². The summed E-state index contributed by atoms with van der Waals surface area (Å²) < 4.78 is 5.31. The first-order chi connectivity index (χ1) is 8.20. The first-order valence-corrected chi connectivity index (χ1v) is 5.59. The summed E-state index contributed by atoms with van der Waals surface area (Å²) in [5, 5.41) is 10.8. The molecule has 0 bridgehead atoms. The summed E-state index contributed by atoms with van der Waals surface area (Å²) in [5.74, 6) is 0.852. The van der Waals surface area contributed by atoms with E-state index in [9.17, 15) is 0 Å². The van der Waals surface area contributed by atoms with Crippen molar-refractivity contribution in [3.8, 4) is 0 Å². The van der Waals surface area contributed by atoms with E-state index in [1.165, 1.54) is 5.56 Å². The molecule has 1 aromatic heterocycles. The Bertz CT molecular complexity index is 493. The zero-order valence-electron chi connectivity index (χ0n) is 9.97. The molecule has 3 N–H and O–H groups in total. The molecule has 0 fully saturated rings. The molecule has 5 nitrogen and oxygen atoms in total. The van der Waals surface area contributed by atoms with E-state index in [4.69, 9.17) is 10.2 Å². The van der Waals surface area contributed by atoms with Crippen molar-refractivity contribution >= 4 is 11.7 Å². The van der Waals surface area contributed by atoms with E-state index >= 15 is 0 Å². The normalized spacial score (nSPS) is 10.8. The van der Waals surface area contributed by atoms with Crippen LogP contribution in [0.1, 0.15) is 31.2 Å². The fourth-order valence-corrected chi connectivity index (χ4v) is 1.62. The van der Waals surface area contributed by atoms with Gasteiger partial charge in [0.05, 0.1) is 6.54 Å². The molecule has 2 rings (SSSR count). The molecule has 0 spiro atoms. The van der Waals surface area contributed by atoms with Crippen molar-refractivity contribution in [3.63, 3.8) is 0 Å². The number of para-hydroxylation sites is 1. The lowest BCUT2D eigenvalue weighted by atomic mass is 10.0. The van der Waals surface area contributed by atoms with E-state index in [0.717, 1.165) is 5.69 Å². The highest BCUT2D eigenvalue weighted by Crippen LogP contribution is 2.26. The average Bonchev–Trinajstić information content (AvgIpc) is 2.77. The Morgan fingerprint density at radius 3 is 2.71 bits per heavy atom. The molecule has 2 aromatic rings. The van der Waals surface area contributed by atoms with Crippen LogP contribution < -0.4 is 11.1 Å². The van der Waals surface area contributed by atoms with Gasteiger partial charge >= 0.3 is 6.01 Å². The van der Waals surface area contributed by atoms with Gasteiger partial charge in [0, 0.05) is 5.69 Å². The summed E-state index contributed by atoms with van der Waals surface area (Å²) in [5.41, 5.74) is 7.60. The number of nitrogens with one attached hydrogen (secondary N) is 1. The second-order valence-corrected chi connectivity index (χ2v) is 4.07. The average molecular weight is 232 g/mol. The lowest BCUT2D eigenvalue weighted by molar-refractivity contribution is 0.511. The van der Waals surface area contributed by atoms with Crippen LogP contribution in [-0.2, 0) is 6.54 Å². The quantitative estimate of drug-likeness (QED) is 0.846. The van der Waals surface area contributed by atoms with Gasteiger partial charge in [-0.2, -0.15) is 0 Å². The summed E-state index contributed by atoms with van der Waals surface area (Å²) in [7, 11) is 0. The Hall–Kier alpha value is -1.88. The summed E-state index contributed by atoms with van der Waals surface area (Å²) >= 11 is 0. The summed E-state index contributed by atoms with van der Waals surface area (Å²) in [6.07, 6.45) is 0. The van der Waals surface area contributed by atoms with E-state index < -0.39 is 0 Å². The summed E-state index contributed by atoms with van der Waals surface area (Å²) in [6.45, 7) is 4.53. The van der Waals surface area contributed by atoms with Gasteiger partial charge in [-0.15, -0.1) is 5.10 Å². The minimum Gasteiger partial charge on any atom is -0.406 e. The fourth-order valence-electron chi connectivity index (χ4n) is 1.62. The molecule has 0 unspecified atom stereocenters. The Morgan fingerprint density at radius 2 is 2.06 bits per heavy atom. The van der Waals surface area contributed by atoms with Crippen molar-refractivity contribution in [3.05, 3.63) is 35.7 Å². The van der Waals surface area contributed by atoms with E-state index in [1.807, 2.05) is 18.2 Å². The minimum absolute atomic E-state index is 0.251. The third kappa shape index (κ3) is 2.62. The largest absolute Gasteiger partial charge is 0.406 e. The maximum Gasteiger partial charge on any atom is 0.320 e. The third-order valence-corrected chi connectivity index (χ3v) is 2.47. The number of benzene rings is 1. The van der Waals surface area contributed by atoms with Gasteiger partial charge in [0.25, 0.3) is 0 Å². The Morgan fingerprint density at radius 1 is 1.29 bits per heavy atom. The van der Waals surface area contributed by atoms with Gasteiger partial charge in [-0.3, -0.25) is 0 Å². The van der Waals surface area contributed by atoms with Crippen molar-refractivity contribution in [1.82, 2.24) is 10.2 Å². The van der Waals surface area contributed by atoms with Crippen molar-refractivity contribution in [1.29, 1.82) is 0 Å². The molecule has 0 saturated heterocycles. The number of hydrogen-bond acceptors (Lipinski definition) is 5. The number of anilines is 2. The van der Waals surface area contributed by atoms with Crippen LogP contribution in [0.5, 0.6) is 0 Å². The molecule has 5 heteroatoms. The molecule has 0 aliphatic rings. The second kappa shape index (κ2) is 4.97. The number of nitrogens with zero attached hydrogens (tertiary/aromatic N) is 2. The molecule has 0 aliphatic heterocycles. The second-order valence-electron chi connectivity index (χ2n) is 4.07. The van der Waals surface area contributed by atoms with Gasteiger partial charge in [0.1, 0.15) is 0 Å². The van der Waals surface area contributed by atoms with Crippen molar-refractivity contribution in [2.24, 2.45) is 5.73 Å². The molecular weight excluding hydrogens is 216 g/mol. The van der Waals surface area contributed by atoms with Crippen LogP contribution in [0, 0.1) is 0 Å². The molecule has 0 aliphatic carbocycles. The molecule has 0 atom stereocenters. The maximum atomic E-state index is 5.41. The summed E-state index contributed by atoms with van der Waals surface area (Å²) in [4.78, 5) is 0. The number of aromatic nitrogens is 2. The predicted octanol–water partition coefficient (Wildman–Crippen LogP) is 2.40. The third-order valence-electron chi connectivity index (χ3n) is 2.47. The van der Waals surface area contributed by atoms with Crippen LogP contribution in [-0.4, -0.2) is 10.2 Å². The lowest BCUT2D eigenvalue weighted by Crippen LogP contribution is -1.97. The highest BCUT2D eigenvalue weighted by molar-refractivity contribution is 5.58. The Kier molecular flexibility index (Phi) is 3.39.